The molecule has 0 bridgehead atoms. The molecule has 1 saturated heterocycles. The van der Waals surface area contributed by atoms with Crippen molar-refractivity contribution in [3.8, 4) is 0 Å². The third-order valence-electron chi connectivity index (χ3n) is 7.09. The van der Waals surface area contributed by atoms with E-state index in [1.165, 1.54) is 25.7 Å². The van der Waals surface area contributed by atoms with Gasteiger partial charge in [-0.05, 0) is 50.9 Å². The Hall–Kier alpha value is -3.98. The van der Waals surface area contributed by atoms with Gasteiger partial charge in [-0.25, -0.2) is 9.59 Å². The molecule has 9 nitrogen and oxygen atoms in total. The summed E-state index contributed by atoms with van der Waals surface area (Å²) in [5.74, 6) is -2.12. The van der Waals surface area contributed by atoms with Gasteiger partial charge in [0.05, 0.1) is 29.1 Å². The molecule has 0 amide bonds. The van der Waals surface area contributed by atoms with Crippen molar-refractivity contribution in [1.82, 2.24) is 10.2 Å². The first-order chi connectivity index (χ1) is 18.3. The predicted molar refractivity (Wildman–Crippen MR) is 142 cm³/mol. The minimum Gasteiger partial charge on any atom is -0.466 e. The average molecular weight is 520 g/mol. The van der Waals surface area contributed by atoms with Crippen molar-refractivity contribution in [1.29, 1.82) is 0 Å². The largest absolute Gasteiger partial charge is 0.466 e. The van der Waals surface area contributed by atoms with Gasteiger partial charge in [0, 0.05) is 30.1 Å². The zero-order chi connectivity index (χ0) is 27.2. The number of nitrogens with zero attached hydrogens (tertiary/aromatic N) is 2. The number of carbonyl (C=O) groups excluding carboxylic acids is 2. The first-order valence-electron chi connectivity index (χ1n) is 12.8. The number of non-ortho nitro benzene ring substituents is 1. The third kappa shape index (κ3) is 5.94. The van der Waals surface area contributed by atoms with Crippen molar-refractivity contribution < 1.29 is 24.0 Å². The number of nitro groups is 1. The highest BCUT2D eigenvalue weighted by Gasteiger charge is 2.39. The molecule has 4 rings (SSSR count). The summed E-state index contributed by atoms with van der Waals surface area (Å²) in [5.41, 5.74) is 2.62. The van der Waals surface area contributed by atoms with E-state index in [2.05, 4.69) is 10.2 Å². The molecule has 200 valence electrons. The third-order valence-corrected chi connectivity index (χ3v) is 7.09. The molecule has 2 aliphatic heterocycles. The molecule has 0 radical (unpaired) electrons. The van der Waals surface area contributed by atoms with E-state index in [4.69, 9.17) is 9.47 Å². The summed E-state index contributed by atoms with van der Waals surface area (Å²) in [5, 5.41) is 14.6. The maximum Gasteiger partial charge on any atom is 0.337 e. The smallest absolute Gasteiger partial charge is 0.337 e. The number of allylic oxidation sites excluding steroid dienone is 2. The van der Waals surface area contributed by atoms with E-state index in [-0.39, 0.29) is 16.8 Å². The molecular weight excluding hydrogens is 486 g/mol. The number of hydrogen-bond acceptors (Lipinski definition) is 8. The Morgan fingerprint density at radius 2 is 1.66 bits per heavy atom. The van der Waals surface area contributed by atoms with Crippen molar-refractivity contribution in [3.05, 3.63) is 98.4 Å². The van der Waals surface area contributed by atoms with Gasteiger partial charge in [-0.1, -0.05) is 48.9 Å². The van der Waals surface area contributed by atoms with Gasteiger partial charge < -0.3 is 14.8 Å². The van der Waals surface area contributed by atoms with Crippen molar-refractivity contribution in [2.45, 2.75) is 45.1 Å². The van der Waals surface area contributed by atoms with Crippen LogP contribution in [0.15, 0.2) is 77.1 Å². The van der Waals surface area contributed by atoms with E-state index in [1.807, 2.05) is 30.3 Å². The summed E-state index contributed by atoms with van der Waals surface area (Å²) in [6.45, 7) is 5.88. The summed E-state index contributed by atoms with van der Waals surface area (Å²) in [6.07, 6.45) is 2.87. The number of nitrogens with one attached hydrogen (secondary N) is 1. The van der Waals surface area contributed by atoms with Crippen LogP contribution < -0.4 is 5.32 Å². The van der Waals surface area contributed by atoms with Gasteiger partial charge in [-0.3, -0.25) is 15.0 Å². The number of likely N-dealkylation sites (tertiary alicyclic amines) is 1. The zero-order valence-electron chi connectivity index (χ0n) is 21.9. The Bertz CT molecular complexity index is 1260. The average Bonchev–Trinajstić information content (AvgIpc) is 2.93. The number of dihydropyridines is 1. The van der Waals surface area contributed by atoms with E-state index in [9.17, 15) is 19.7 Å². The molecule has 9 heteroatoms. The second kappa shape index (κ2) is 12.0. The highest BCUT2D eigenvalue weighted by atomic mass is 16.6. The lowest BCUT2D eigenvalue weighted by molar-refractivity contribution is -0.384. The summed E-state index contributed by atoms with van der Waals surface area (Å²) < 4.78 is 11.2. The Kier molecular flexibility index (Phi) is 8.58. The number of piperidine rings is 1. The first-order valence-corrected chi connectivity index (χ1v) is 12.8. The van der Waals surface area contributed by atoms with Crippen LogP contribution in [0.4, 0.5) is 5.69 Å². The van der Waals surface area contributed by atoms with Gasteiger partial charge in [0.25, 0.3) is 5.69 Å². The lowest BCUT2D eigenvalue weighted by atomic mass is 9.80. The number of hydrogen-bond donors (Lipinski definition) is 1. The molecule has 2 unspecified atom stereocenters. The number of benzene rings is 2. The van der Waals surface area contributed by atoms with Crippen molar-refractivity contribution in [2.24, 2.45) is 0 Å². The number of carbonyl (C=O) groups is 2. The Morgan fingerprint density at radius 1 is 1.00 bits per heavy atom. The number of esters is 2. The van der Waals surface area contributed by atoms with Crippen LogP contribution in [-0.4, -0.2) is 48.5 Å². The van der Waals surface area contributed by atoms with Gasteiger partial charge >= 0.3 is 11.9 Å². The van der Waals surface area contributed by atoms with Crippen LogP contribution in [0, 0.1) is 10.1 Å². The summed E-state index contributed by atoms with van der Waals surface area (Å²) in [4.78, 5) is 40.2. The Morgan fingerprint density at radius 3 is 2.29 bits per heavy atom. The fourth-order valence-corrected chi connectivity index (χ4v) is 5.24. The van der Waals surface area contributed by atoms with E-state index in [0.717, 1.165) is 31.5 Å². The fourth-order valence-electron chi connectivity index (χ4n) is 5.24. The molecule has 0 aliphatic carbocycles. The molecule has 2 heterocycles. The van der Waals surface area contributed by atoms with Crippen LogP contribution in [0.3, 0.4) is 0 Å². The minimum absolute atomic E-state index is 0.138. The molecule has 2 aromatic carbocycles. The van der Waals surface area contributed by atoms with E-state index < -0.39 is 28.9 Å². The Balaban J connectivity index is 1.74. The van der Waals surface area contributed by atoms with Gasteiger partial charge in [0.2, 0.25) is 0 Å². The fraction of sp³-hybridized carbons (Fsp3) is 0.379. The SMILES string of the molecule is COC(=O)C1=C(C)NC(C)=C(C(=O)OC(CN2CCCCC2)c2ccccc2)C1c1cccc([N+](=O)[O-])c1. The van der Waals surface area contributed by atoms with Crippen molar-refractivity contribution in [2.75, 3.05) is 26.7 Å². The number of rotatable bonds is 8. The van der Waals surface area contributed by atoms with Crippen LogP contribution >= 0.6 is 0 Å². The van der Waals surface area contributed by atoms with Gasteiger partial charge in [0.1, 0.15) is 6.10 Å². The van der Waals surface area contributed by atoms with Gasteiger partial charge in [0.15, 0.2) is 0 Å². The highest BCUT2D eigenvalue weighted by molar-refractivity contribution is 6.00. The highest BCUT2D eigenvalue weighted by Crippen LogP contribution is 2.40. The molecule has 0 spiro atoms. The van der Waals surface area contributed by atoms with Gasteiger partial charge in [-0.15, -0.1) is 0 Å². The summed E-state index contributed by atoms with van der Waals surface area (Å²) >= 11 is 0. The monoisotopic (exact) mass is 519 g/mol. The summed E-state index contributed by atoms with van der Waals surface area (Å²) in [7, 11) is 1.26. The molecule has 38 heavy (non-hydrogen) atoms. The molecule has 0 aromatic heterocycles. The van der Waals surface area contributed by atoms with Gasteiger partial charge in [-0.2, -0.15) is 0 Å². The first kappa shape index (κ1) is 27.1. The van der Waals surface area contributed by atoms with E-state index >= 15 is 0 Å². The second-order valence-electron chi connectivity index (χ2n) is 9.64. The van der Waals surface area contributed by atoms with Crippen LogP contribution in [0.2, 0.25) is 0 Å². The number of methoxy groups -OCH3 is 1. The van der Waals surface area contributed by atoms with Crippen molar-refractivity contribution >= 4 is 17.6 Å². The maximum atomic E-state index is 14.0. The van der Waals surface area contributed by atoms with Crippen LogP contribution in [0.5, 0.6) is 0 Å². The molecule has 2 aromatic rings. The lowest BCUT2D eigenvalue weighted by Crippen LogP contribution is -2.36. The second-order valence-corrected chi connectivity index (χ2v) is 9.64. The van der Waals surface area contributed by atoms with E-state index in [1.54, 1.807) is 26.0 Å². The standard InChI is InChI=1S/C29H33N3O6/c1-19-25(28(33)37-3)27(22-13-10-14-23(17-22)32(35)36)26(20(2)30-19)29(34)38-24(21-11-6-4-7-12-21)18-31-15-8-5-9-16-31/h4,6-7,10-14,17,24,27,30H,5,8-9,15-16,18H2,1-3H3. The molecule has 2 aliphatic rings. The lowest BCUT2D eigenvalue weighted by Gasteiger charge is -2.33. The van der Waals surface area contributed by atoms with Crippen LogP contribution in [0.1, 0.15) is 56.3 Å². The zero-order valence-corrected chi connectivity index (χ0v) is 21.9. The molecule has 0 saturated carbocycles. The van der Waals surface area contributed by atoms with Crippen LogP contribution in [-0.2, 0) is 19.1 Å². The van der Waals surface area contributed by atoms with Crippen LogP contribution in [0.25, 0.3) is 0 Å². The molecule has 1 fully saturated rings. The maximum absolute atomic E-state index is 14.0. The van der Waals surface area contributed by atoms with E-state index in [0.29, 0.717) is 23.5 Å². The minimum atomic E-state index is -0.900. The molecule has 1 N–H and O–H groups in total. The quantitative estimate of drug-likeness (QED) is 0.302. The Labute approximate surface area is 222 Å². The summed E-state index contributed by atoms with van der Waals surface area (Å²) in [6, 6.07) is 15.6. The number of nitro benzene ring substituents is 1. The normalized spacial score (nSPS) is 19.0. The topological polar surface area (TPSA) is 111 Å². The molecule has 2 atom stereocenters. The predicted octanol–water partition coefficient (Wildman–Crippen LogP) is 4.77. The van der Waals surface area contributed by atoms with Crippen molar-refractivity contribution in [3.63, 3.8) is 0 Å². The number of ether oxygens (including phenoxy) is 2. The molecular formula is C29H33N3O6.